The van der Waals surface area contributed by atoms with Crippen LogP contribution < -0.4 is 11.1 Å². The molecule has 0 unspecified atom stereocenters. The Kier molecular flexibility index (Phi) is 3.86. The molecule has 0 spiro atoms. The van der Waals surface area contributed by atoms with Crippen LogP contribution in [0.2, 0.25) is 0 Å². The summed E-state index contributed by atoms with van der Waals surface area (Å²) >= 11 is 0. The van der Waals surface area contributed by atoms with Gasteiger partial charge in [-0.1, -0.05) is 0 Å². The fourth-order valence-electron chi connectivity index (χ4n) is 1.17. The molecular formula is C10H13N3O4. The summed E-state index contributed by atoms with van der Waals surface area (Å²) in [6.45, 7) is 1.35. The number of carbonyl (C=O) groups excluding carboxylic acids is 3. The minimum absolute atomic E-state index is 0.309. The summed E-state index contributed by atoms with van der Waals surface area (Å²) in [4.78, 5) is 33.3. The van der Waals surface area contributed by atoms with Crippen LogP contribution in [0.5, 0.6) is 0 Å². The molecule has 1 rings (SSSR count). The molecule has 0 saturated carbocycles. The number of nitrogens with two attached hydrogens (primary N) is 1. The standard InChI is InChI=1S/C10H13N3O4/c1-6(8(14)12-10(11)16)17-9(15)7-4-3-5-13(7)2/h3-6H,1-2H3,(H3,11,12,14,16)/t6-/m1/s1. The summed E-state index contributed by atoms with van der Waals surface area (Å²) < 4.78 is 6.42. The average Bonchev–Trinajstić information content (AvgIpc) is 2.63. The monoisotopic (exact) mass is 239 g/mol. The van der Waals surface area contributed by atoms with Crippen LogP contribution in [0, 0.1) is 0 Å². The van der Waals surface area contributed by atoms with E-state index in [4.69, 9.17) is 10.5 Å². The molecule has 3 amide bonds. The van der Waals surface area contributed by atoms with E-state index in [-0.39, 0.29) is 0 Å². The van der Waals surface area contributed by atoms with E-state index in [0.717, 1.165) is 0 Å². The first-order valence-corrected chi connectivity index (χ1v) is 4.84. The average molecular weight is 239 g/mol. The van der Waals surface area contributed by atoms with Gasteiger partial charge in [-0.05, 0) is 19.1 Å². The van der Waals surface area contributed by atoms with Gasteiger partial charge in [0.05, 0.1) is 0 Å². The second kappa shape index (κ2) is 5.15. The van der Waals surface area contributed by atoms with Crippen LogP contribution in [0.3, 0.4) is 0 Å². The van der Waals surface area contributed by atoms with Crippen molar-refractivity contribution in [1.82, 2.24) is 9.88 Å². The number of aryl methyl sites for hydroxylation is 1. The molecule has 0 aliphatic rings. The predicted octanol–water partition coefficient (Wildman–Crippen LogP) is -0.235. The molecule has 3 N–H and O–H groups in total. The fourth-order valence-corrected chi connectivity index (χ4v) is 1.17. The number of esters is 1. The van der Waals surface area contributed by atoms with E-state index >= 15 is 0 Å². The maximum atomic E-state index is 11.6. The van der Waals surface area contributed by atoms with E-state index in [1.165, 1.54) is 6.92 Å². The van der Waals surface area contributed by atoms with E-state index in [0.29, 0.717) is 5.69 Å². The largest absolute Gasteiger partial charge is 0.448 e. The maximum Gasteiger partial charge on any atom is 0.355 e. The first-order valence-electron chi connectivity index (χ1n) is 4.84. The topological polar surface area (TPSA) is 103 Å². The summed E-state index contributed by atoms with van der Waals surface area (Å²) in [5.41, 5.74) is 5.07. The molecular weight excluding hydrogens is 226 g/mol. The number of urea groups is 1. The zero-order valence-corrected chi connectivity index (χ0v) is 9.47. The Morgan fingerprint density at radius 3 is 2.59 bits per heavy atom. The molecule has 1 atom stereocenters. The highest BCUT2D eigenvalue weighted by atomic mass is 16.5. The lowest BCUT2D eigenvalue weighted by atomic mass is 10.3. The zero-order chi connectivity index (χ0) is 13.0. The molecule has 1 aromatic heterocycles. The molecule has 92 valence electrons. The van der Waals surface area contributed by atoms with Crippen molar-refractivity contribution in [3.63, 3.8) is 0 Å². The minimum Gasteiger partial charge on any atom is -0.448 e. The van der Waals surface area contributed by atoms with Crippen LogP contribution in [-0.4, -0.2) is 28.6 Å². The number of hydrogen-bond acceptors (Lipinski definition) is 4. The smallest absolute Gasteiger partial charge is 0.355 e. The van der Waals surface area contributed by atoms with E-state index < -0.39 is 24.0 Å². The molecule has 1 heterocycles. The first kappa shape index (κ1) is 12.8. The van der Waals surface area contributed by atoms with Gasteiger partial charge >= 0.3 is 12.0 Å². The number of carbonyl (C=O) groups is 3. The Bertz CT molecular complexity index is 452. The van der Waals surface area contributed by atoms with Gasteiger partial charge in [-0.2, -0.15) is 0 Å². The summed E-state index contributed by atoms with van der Waals surface area (Å²) in [5.74, 6) is -1.41. The number of rotatable bonds is 3. The second-order valence-electron chi connectivity index (χ2n) is 3.41. The Morgan fingerprint density at radius 2 is 2.12 bits per heavy atom. The number of imide groups is 1. The number of nitrogens with one attached hydrogen (secondary N) is 1. The van der Waals surface area contributed by atoms with Crippen molar-refractivity contribution in [2.45, 2.75) is 13.0 Å². The number of amides is 3. The zero-order valence-electron chi connectivity index (χ0n) is 9.47. The lowest BCUT2D eigenvalue weighted by Gasteiger charge is -2.12. The van der Waals surface area contributed by atoms with Crippen molar-refractivity contribution < 1.29 is 19.1 Å². The molecule has 7 nitrogen and oxygen atoms in total. The molecule has 17 heavy (non-hydrogen) atoms. The van der Waals surface area contributed by atoms with E-state index in [1.54, 1.807) is 29.9 Å². The number of nitrogens with zero attached hydrogens (tertiary/aromatic N) is 1. The highest BCUT2D eigenvalue weighted by Gasteiger charge is 2.20. The summed E-state index contributed by atoms with van der Waals surface area (Å²) in [7, 11) is 1.67. The predicted molar refractivity (Wildman–Crippen MR) is 58.0 cm³/mol. The van der Waals surface area contributed by atoms with Crippen LogP contribution >= 0.6 is 0 Å². The summed E-state index contributed by atoms with van der Waals surface area (Å²) in [6.07, 6.45) is 0.579. The van der Waals surface area contributed by atoms with Crippen LogP contribution in [0.15, 0.2) is 18.3 Å². The number of aromatic nitrogens is 1. The van der Waals surface area contributed by atoms with Crippen molar-refractivity contribution in [1.29, 1.82) is 0 Å². The number of ether oxygens (including phenoxy) is 1. The lowest BCUT2D eigenvalue weighted by Crippen LogP contribution is -2.42. The van der Waals surface area contributed by atoms with Crippen molar-refractivity contribution in [2.75, 3.05) is 0 Å². The lowest BCUT2D eigenvalue weighted by molar-refractivity contribution is -0.127. The molecule has 1 aromatic rings. The van der Waals surface area contributed by atoms with Gasteiger partial charge in [-0.3, -0.25) is 10.1 Å². The van der Waals surface area contributed by atoms with Crippen LogP contribution in [-0.2, 0) is 16.6 Å². The van der Waals surface area contributed by atoms with Crippen molar-refractivity contribution in [2.24, 2.45) is 12.8 Å². The van der Waals surface area contributed by atoms with Gasteiger partial charge in [0.1, 0.15) is 5.69 Å². The Morgan fingerprint density at radius 1 is 1.47 bits per heavy atom. The van der Waals surface area contributed by atoms with E-state index in [9.17, 15) is 14.4 Å². The highest BCUT2D eigenvalue weighted by Crippen LogP contribution is 2.04. The molecule has 0 aromatic carbocycles. The van der Waals surface area contributed by atoms with Crippen LogP contribution in [0.1, 0.15) is 17.4 Å². The molecule has 7 heteroatoms. The van der Waals surface area contributed by atoms with Gasteiger partial charge < -0.3 is 15.0 Å². The third kappa shape index (κ3) is 3.33. The minimum atomic E-state index is -1.09. The van der Waals surface area contributed by atoms with Crippen molar-refractivity contribution in [3.05, 3.63) is 24.0 Å². The quantitative estimate of drug-likeness (QED) is 0.710. The molecule has 0 aliphatic carbocycles. The van der Waals surface area contributed by atoms with Gasteiger partial charge in [-0.25, -0.2) is 9.59 Å². The highest BCUT2D eigenvalue weighted by molar-refractivity contribution is 5.97. The SMILES string of the molecule is C[C@@H](OC(=O)c1cccn1C)C(=O)NC(N)=O. The Hall–Kier alpha value is -2.31. The molecule has 0 radical (unpaired) electrons. The van der Waals surface area contributed by atoms with Gasteiger partial charge in [-0.15, -0.1) is 0 Å². The molecule has 0 aliphatic heterocycles. The Balaban J connectivity index is 2.60. The van der Waals surface area contributed by atoms with Crippen LogP contribution in [0.4, 0.5) is 4.79 Å². The number of primary amides is 1. The third-order valence-electron chi connectivity index (χ3n) is 2.05. The first-order chi connectivity index (χ1) is 7.91. The van der Waals surface area contributed by atoms with Gasteiger partial charge in [0.25, 0.3) is 5.91 Å². The van der Waals surface area contributed by atoms with E-state index in [2.05, 4.69) is 0 Å². The molecule has 0 fully saturated rings. The number of hydrogen-bond donors (Lipinski definition) is 2. The van der Waals surface area contributed by atoms with Crippen molar-refractivity contribution in [3.8, 4) is 0 Å². The Labute approximate surface area is 97.5 Å². The second-order valence-corrected chi connectivity index (χ2v) is 3.41. The maximum absolute atomic E-state index is 11.6. The summed E-state index contributed by atoms with van der Waals surface area (Å²) in [6, 6.07) is 2.24. The normalized spacial score (nSPS) is 11.6. The van der Waals surface area contributed by atoms with Gasteiger partial charge in [0, 0.05) is 13.2 Å². The van der Waals surface area contributed by atoms with Crippen molar-refractivity contribution >= 4 is 17.9 Å². The van der Waals surface area contributed by atoms with Gasteiger partial charge in [0.2, 0.25) is 0 Å². The third-order valence-corrected chi connectivity index (χ3v) is 2.05. The molecule has 0 bridgehead atoms. The van der Waals surface area contributed by atoms with Gasteiger partial charge in [0.15, 0.2) is 6.10 Å². The van der Waals surface area contributed by atoms with E-state index in [1.807, 2.05) is 5.32 Å². The summed E-state index contributed by atoms with van der Waals surface area (Å²) in [5, 5.41) is 1.82. The van der Waals surface area contributed by atoms with Crippen LogP contribution in [0.25, 0.3) is 0 Å². The molecule has 0 saturated heterocycles. The fraction of sp³-hybridized carbons (Fsp3) is 0.300.